The predicted molar refractivity (Wildman–Crippen MR) is 174 cm³/mol. The normalized spacial score (nSPS) is 12.9. The Morgan fingerprint density at radius 2 is 1.39 bits per heavy atom. The van der Waals surface area contributed by atoms with Crippen LogP contribution in [0, 0.1) is 0 Å². The number of alkyl halides is 4. The van der Waals surface area contributed by atoms with Gasteiger partial charge >= 0.3 is 13.2 Å². The summed E-state index contributed by atoms with van der Waals surface area (Å²) in [6, 6.07) is 27.0. The highest BCUT2D eigenvalue weighted by atomic mass is 32.2. The van der Waals surface area contributed by atoms with Crippen molar-refractivity contribution in [3.63, 3.8) is 0 Å². The largest absolute Gasteiger partial charge is 0.431 e. The van der Waals surface area contributed by atoms with Gasteiger partial charge in [-0.05, 0) is 71.5 Å². The average molecular weight is 650 g/mol. The number of thioether (sulfide) groups is 1. The molecule has 46 heavy (non-hydrogen) atoms. The second-order valence-electron chi connectivity index (χ2n) is 12.3. The zero-order chi connectivity index (χ0) is 33.1. The van der Waals surface area contributed by atoms with Crippen LogP contribution in [0.2, 0.25) is 0 Å². The van der Waals surface area contributed by atoms with Gasteiger partial charge in [-0.25, -0.2) is 9.55 Å². The summed E-state index contributed by atoms with van der Waals surface area (Å²) < 4.78 is 63.2. The SMILES string of the molecule is C[n+]1ccc(CC(c2ccc(SC(C)(C)C(C)(C)c3ccc4ccccc4c3)nc2)c2ccc(OC(F)F)c(OC(F)F)c2)cc1. The third-order valence-electron chi connectivity index (χ3n) is 8.79. The zero-order valence-corrected chi connectivity index (χ0v) is 27.2. The number of halogens is 4. The highest BCUT2D eigenvalue weighted by Gasteiger charge is 2.40. The van der Waals surface area contributed by atoms with Crippen molar-refractivity contribution in [1.82, 2.24) is 4.98 Å². The number of fused-ring (bicyclic) bond motifs is 1. The number of pyridine rings is 2. The maximum atomic E-state index is 13.2. The molecule has 9 heteroatoms. The fraction of sp³-hybridized carbons (Fsp3) is 0.297. The maximum Gasteiger partial charge on any atom is 0.387 e. The highest BCUT2D eigenvalue weighted by molar-refractivity contribution is 8.00. The van der Waals surface area contributed by atoms with Crippen molar-refractivity contribution in [2.75, 3.05) is 0 Å². The van der Waals surface area contributed by atoms with Gasteiger partial charge in [-0.3, -0.25) is 0 Å². The summed E-state index contributed by atoms with van der Waals surface area (Å²) >= 11 is 1.69. The molecule has 2 aromatic heterocycles. The van der Waals surface area contributed by atoms with Gasteiger partial charge in [0.2, 0.25) is 0 Å². The van der Waals surface area contributed by atoms with E-state index in [1.165, 1.54) is 28.5 Å². The summed E-state index contributed by atoms with van der Waals surface area (Å²) in [6.07, 6.45) is 6.16. The van der Waals surface area contributed by atoms with Crippen LogP contribution in [0.3, 0.4) is 0 Å². The fourth-order valence-corrected chi connectivity index (χ4v) is 6.56. The molecule has 0 radical (unpaired) electrons. The van der Waals surface area contributed by atoms with Gasteiger partial charge in [0.05, 0.1) is 5.03 Å². The molecule has 2 heterocycles. The molecule has 0 fully saturated rings. The van der Waals surface area contributed by atoms with Crippen LogP contribution in [-0.2, 0) is 18.9 Å². The number of nitrogens with zero attached hydrogens (tertiary/aromatic N) is 2. The van der Waals surface area contributed by atoms with Crippen LogP contribution in [0.15, 0.2) is 109 Å². The Labute approximate surface area is 271 Å². The molecular formula is C37H37F4N2O2S+. The molecule has 240 valence electrons. The molecule has 1 unspecified atom stereocenters. The van der Waals surface area contributed by atoms with Crippen LogP contribution in [0.25, 0.3) is 10.8 Å². The smallest absolute Gasteiger partial charge is 0.387 e. The molecule has 0 aliphatic heterocycles. The molecule has 1 atom stereocenters. The average Bonchev–Trinajstić information content (AvgIpc) is 3.01. The lowest BCUT2D eigenvalue weighted by Gasteiger charge is -2.41. The van der Waals surface area contributed by atoms with E-state index >= 15 is 0 Å². The van der Waals surface area contributed by atoms with E-state index in [0.717, 1.165) is 16.2 Å². The number of hydrogen-bond donors (Lipinski definition) is 0. The standard InChI is InChI=1S/C37H37F4N2O2S/c1-36(2,29-13-10-25-8-6-7-9-26(25)21-29)37(3,4)46-33-15-12-28(23-42-33)30(20-24-16-18-43(5)19-17-24)27-11-14-31(44-34(38)39)32(22-27)45-35(40)41/h6-19,21-23,30,34-35H,20H2,1-5H3/q+1. The number of rotatable bonds is 12. The van der Waals surface area contributed by atoms with Crippen molar-refractivity contribution in [2.45, 2.75) is 68.4 Å². The van der Waals surface area contributed by atoms with Crippen molar-refractivity contribution in [3.8, 4) is 11.5 Å². The minimum atomic E-state index is -3.21. The monoisotopic (exact) mass is 649 g/mol. The molecule has 0 spiro atoms. The predicted octanol–water partition coefficient (Wildman–Crippen LogP) is 9.49. The number of aromatic nitrogens is 2. The van der Waals surface area contributed by atoms with Gasteiger partial charge < -0.3 is 9.47 Å². The summed E-state index contributed by atoms with van der Waals surface area (Å²) in [4.78, 5) is 4.83. The topological polar surface area (TPSA) is 35.2 Å². The minimum absolute atomic E-state index is 0.211. The number of aryl methyl sites for hydroxylation is 1. The van der Waals surface area contributed by atoms with Crippen LogP contribution >= 0.6 is 11.8 Å². The molecule has 0 N–H and O–H groups in total. The third kappa shape index (κ3) is 7.64. The van der Waals surface area contributed by atoms with E-state index in [0.29, 0.717) is 12.0 Å². The number of hydrogen-bond acceptors (Lipinski definition) is 4. The molecule has 4 nitrogen and oxygen atoms in total. The minimum Gasteiger partial charge on any atom is -0.431 e. The van der Waals surface area contributed by atoms with Crippen molar-refractivity contribution >= 4 is 22.5 Å². The molecule has 0 aliphatic carbocycles. The Hall–Kier alpha value is -4.11. The van der Waals surface area contributed by atoms with Gasteiger partial charge in [-0.2, -0.15) is 17.6 Å². The first-order valence-corrected chi connectivity index (χ1v) is 15.8. The van der Waals surface area contributed by atoms with Gasteiger partial charge in [0.1, 0.15) is 7.05 Å². The van der Waals surface area contributed by atoms with E-state index in [1.54, 1.807) is 24.0 Å². The molecule has 5 aromatic rings. The Kier molecular flexibility index (Phi) is 9.91. The van der Waals surface area contributed by atoms with Crippen LogP contribution in [0.5, 0.6) is 11.5 Å². The van der Waals surface area contributed by atoms with Gasteiger partial charge in [0.15, 0.2) is 23.9 Å². The summed E-state index contributed by atoms with van der Waals surface area (Å²) in [6.45, 7) is 2.53. The van der Waals surface area contributed by atoms with E-state index in [-0.39, 0.29) is 16.1 Å². The summed E-state index contributed by atoms with van der Waals surface area (Å²) in [5.74, 6) is -1.23. The van der Waals surface area contributed by atoms with E-state index < -0.39 is 24.7 Å². The summed E-state index contributed by atoms with van der Waals surface area (Å²) in [5.41, 5.74) is 3.47. The molecule has 3 aromatic carbocycles. The number of ether oxygens (including phenoxy) is 2. The number of benzene rings is 3. The lowest BCUT2D eigenvalue weighted by Crippen LogP contribution is -2.39. The second-order valence-corrected chi connectivity index (χ2v) is 14.0. The van der Waals surface area contributed by atoms with E-state index in [4.69, 9.17) is 4.98 Å². The Morgan fingerprint density at radius 3 is 2.04 bits per heavy atom. The molecule has 0 aliphatic rings. The summed E-state index contributed by atoms with van der Waals surface area (Å²) in [7, 11) is 1.92. The van der Waals surface area contributed by atoms with Gasteiger partial charge in [0.25, 0.3) is 0 Å². The first-order chi connectivity index (χ1) is 21.8. The van der Waals surface area contributed by atoms with Crippen molar-refractivity contribution in [3.05, 3.63) is 126 Å². The molecule has 0 saturated carbocycles. The van der Waals surface area contributed by atoms with Crippen molar-refractivity contribution in [1.29, 1.82) is 0 Å². The molecule has 0 bridgehead atoms. The van der Waals surface area contributed by atoms with E-state index in [9.17, 15) is 17.6 Å². The van der Waals surface area contributed by atoms with Crippen molar-refractivity contribution < 1.29 is 31.6 Å². The molecule has 5 rings (SSSR count). The van der Waals surface area contributed by atoms with Crippen LogP contribution in [-0.4, -0.2) is 23.0 Å². The van der Waals surface area contributed by atoms with Crippen LogP contribution in [0.1, 0.15) is 55.9 Å². The van der Waals surface area contributed by atoms with E-state index in [2.05, 4.69) is 67.5 Å². The lowest BCUT2D eigenvalue weighted by atomic mass is 9.74. The second kappa shape index (κ2) is 13.7. The van der Waals surface area contributed by atoms with Crippen LogP contribution in [0.4, 0.5) is 17.6 Å². The van der Waals surface area contributed by atoms with Gasteiger partial charge in [0, 0.05) is 34.4 Å². The fourth-order valence-electron chi connectivity index (χ4n) is 5.43. The Balaban J connectivity index is 1.45. The molecule has 0 saturated heterocycles. The first kappa shape index (κ1) is 33.3. The maximum absolute atomic E-state index is 13.2. The van der Waals surface area contributed by atoms with Gasteiger partial charge in [-0.1, -0.05) is 80.2 Å². The third-order valence-corrected chi connectivity index (χ3v) is 10.3. The highest BCUT2D eigenvalue weighted by Crippen LogP contribution is 2.47. The summed E-state index contributed by atoms with van der Waals surface area (Å²) in [5, 5.41) is 3.24. The lowest BCUT2D eigenvalue weighted by molar-refractivity contribution is -0.671. The Bertz CT molecular complexity index is 1780. The van der Waals surface area contributed by atoms with Crippen LogP contribution < -0.4 is 14.0 Å². The van der Waals surface area contributed by atoms with Gasteiger partial charge in [-0.15, -0.1) is 0 Å². The van der Waals surface area contributed by atoms with Crippen molar-refractivity contribution in [2.24, 2.45) is 7.05 Å². The Morgan fingerprint density at radius 1 is 0.739 bits per heavy atom. The molecule has 0 amide bonds. The quantitative estimate of drug-likeness (QED) is 0.0766. The van der Waals surface area contributed by atoms with E-state index in [1.807, 2.05) is 60.4 Å². The zero-order valence-electron chi connectivity index (χ0n) is 26.4. The first-order valence-electron chi connectivity index (χ1n) is 14.9. The molecular weight excluding hydrogens is 612 g/mol.